The summed E-state index contributed by atoms with van der Waals surface area (Å²) in [7, 11) is 0. The monoisotopic (exact) mass is 328 g/mol. The second-order valence-electron chi connectivity index (χ2n) is 6.45. The van der Waals surface area contributed by atoms with E-state index in [0.29, 0.717) is 23.0 Å². The molecule has 4 rings (SSSR count). The number of hydrogen-bond donors (Lipinski definition) is 3. The van der Waals surface area contributed by atoms with Crippen molar-refractivity contribution in [3.63, 3.8) is 0 Å². The molecule has 1 amide bonds. The highest BCUT2D eigenvalue weighted by Crippen LogP contribution is 2.33. The summed E-state index contributed by atoms with van der Waals surface area (Å²) in [5.74, 6) is 0.887. The number of allylic oxidation sites excluding steroid dienone is 1. The Morgan fingerprint density at radius 1 is 1.38 bits per heavy atom. The number of carbonyl (C=O) groups is 1. The molecule has 1 fully saturated rings. The Labute approximate surface area is 139 Å². The molecule has 2 aliphatic rings. The number of anilines is 2. The first kappa shape index (κ1) is 15.1. The molecule has 8 heteroatoms. The zero-order valence-electron chi connectivity index (χ0n) is 13.4. The predicted octanol–water partition coefficient (Wildman–Crippen LogP) is 1.47. The quantitative estimate of drug-likeness (QED) is 0.718. The molecule has 126 valence electrons. The van der Waals surface area contributed by atoms with E-state index < -0.39 is 0 Å². The van der Waals surface area contributed by atoms with Gasteiger partial charge < -0.3 is 15.0 Å². The van der Waals surface area contributed by atoms with Crippen LogP contribution < -0.4 is 10.6 Å². The molecule has 24 heavy (non-hydrogen) atoms. The minimum Gasteiger partial charge on any atom is -0.396 e. The third kappa shape index (κ3) is 2.84. The Morgan fingerprint density at radius 3 is 2.88 bits per heavy atom. The molecule has 2 aromatic heterocycles. The number of imidazole rings is 1. The van der Waals surface area contributed by atoms with Gasteiger partial charge in [0.1, 0.15) is 0 Å². The number of carbonyl (C=O) groups excluding carboxylic acids is 1. The van der Waals surface area contributed by atoms with Gasteiger partial charge in [0.15, 0.2) is 17.0 Å². The number of nitrogens with one attached hydrogen (secondary N) is 2. The second kappa shape index (κ2) is 5.86. The predicted molar refractivity (Wildman–Crippen MR) is 89.6 cm³/mol. The summed E-state index contributed by atoms with van der Waals surface area (Å²) in [4.78, 5) is 24.7. The molecule has 1 saturated carbocycles. The average Bonchev–Trinajstić information content (AvgIpc) is 3.08. The van der Waals surface area contributed by atoms with Crippen molar-refractivity contribution in [2.45, 2.75) is 38.3 Å². The number of amides is 1. The number of rotatable bonds is 5. The Hall–Kier alpha value is -2.48. The Kier molecular flexibility index (Phi) is 3.68. The first-order chi connectivity index (χ1) is 11.6. The van der Waals surface area contributed by atoms with Crippen LogP contribution in [0.3, 0.4) is 0 Å². The molecule has 0 saturated heterocycles. The topological polar surface area (TPSA) is 105 Å². The molecule has 0 aromatic carbocycles. The first-order valence-corrected chi connectivity index (χ1v) is 8.22. The number of aliphatic hydroxyl groups excluding tert-OH is 1. The molecule has 0 bridgehead atoms. The summed E-state index contributed by atoms with van der Waals surface area (Å²) >= 11 is 0. The van der Waals surface area contributed by atoms with E-state index in [2.05, 4.69) is 31.7 Å². The number of fused-ring (bicyclic) bond motifs is 1. The van der Waals surface area contributed by atoms with Crippen LogP contribution in [0.1, 0.15) is 32.2 Å². The Balaban J connectivity index is 1.75. The Bertz CT molecular complexity index is 810. The minimum absolute atomic E-state index is 0.0982. The molecular weight excluding hydrogens is 308 g/mol. The smallest absolute Gasteiger partial charge is 0.233 e. The number of aromatic nitrogens is 4. The minimum atomic E-state index is -0.209. The van der Waals surface area contributed by atoms with E-state index in [-0.39, 0.29) is 30.4 Å². The van der Waals surface area contributed by atoms with Crippen LogP contribution in [0.4, 0.5) is 11.8 Å². The number of hydrogen-bond acceptors (Lipinski definition) is 6. The van der Waals surface area contributed by atoms with Gasteiger partial charge in [-0.05, 0) is 19.3 Å². The van der Waals surface area contributed by atoms with Crippen LogP contribution in [0, 0.1) is 5.92 Å². The van der Waals surface area contributed by atoms with Crippen molar-refractivity contribution in [3.8, 4) is 0 Å². The van der Waals surface area contributed by atoms with Gasteiger partial charge in [-0.2, -0.15) is 9.97 Å². The summed E-state index contributed by atoms with van der Waals surface area (Å²) < 4.78 is 1.98. The molecule has 2 heterocycles. The van der Waals surface area contributed by atoms with Crippen molar-refractivity contribution in [2.75, 3.05) is 17.2 Å². The maximum absolute atomic E-state index is 11.4. The van der Waals surface area contributed by atoms with Gasteiger partial charge in [0.25, 0.3) is 0 Å². The van der Waals surface area contributed by atoms with Crippen molar-refractivity contribution in [3.05, 3.63) is 18.5 Å². The molecule has 3 N–H and O–H groups in total. The lowest BCUT2D eigenvalue weighted by Crippen LogP contribution is -2.13. The van der Waals surface area contributed by atoms with Crippen LogP contribution in [0.2, 0.25) is 0 Å². The highest BCUT2D eigenvalue weighted by atomic mass is 16.3. The van der Waals surface area contributed by atoms with Crippen LogP contribution in [-0.4, -0.2) is 43.2 Å². The molecule has 0 unspecified atom stereocenters. The normalized spacial score (nSPS) is 22.9. The third-order valence-electron chi connectivity index (χ3n) is 4.37. The molecule has 2 aliphatic carbocycles. The van der Waals surface area contributed by atoms with Gasteiger partial charge in [-0.15, -0.1) is 0 Å². The molecule has 0 aliphatic heterocycles. The summed E-state index contributed by atoms with van der Waals surface area (Å²) in [5.41, 5.74) is 1.39. The van der Waals surface area contributed by atoms with Crippen molar-refractivity contribution in [1.82, 2.24) is 19.5 Å². The van der Waals surface area contributed by atoms with Gasteiger partial charge in [-0.3, -0.25) is 10.1 Å². The van der Waals surface area contributed by atoms with Crippen molar-refractivity contribution in [1.29, 1.82) is 0 Å². The third-order valence-corrected chi connectivity index (χ3v) is 4.37. The molecule has 8 nitrogen and oxygen atoms in total. The highest BCUT2D eigenvalue weighted by molar-refractivity contribution is 5.90. The standard InChI is InChI=1S/C16H20N6O2/c1-9(24)18-16-20-14(19-11-3-4-11)13-15(21-16)22(8-17-13)12-5-2-10(6-12)7-23/h2,5,8,10-12,23H,3-4,6-7H2,1H3,(H2,18,19,20,21,24)/t10-,12+/m1/s1. The van der Waals surface area contributed by atoms with E-state index in [1.54, 1.807) is 6.33 Å². The first-order valence-electron chi connectivity index (χ1n) is 8.22. The van der Waals surface area contributed by atoms with Crippen LogP contribution in [0.5, 0.6) is 0 Å². The lowest BCUT2D eigenvalue weighted by Gasteiger charge is -2.13. The van der Waals surface area contributed by atoms with Gasteiger partial charge >= 0.3 is 0 Å². The van der Waals surface area contributed by atoms with Gasteiger partial charge in [0.05, 0.1) is 12.4 Å². The second-order valence-corrected chi connectivity index (χ2v) is 6.45. The molecule has 2 atom stereocenters. The highest BCUT2D eigenvalue weighted by Gasteiger charge is 2.26. The zero-order chi connectivity index (χ0) is 16.7. The van der Waals surface area contributed by atoms with Crippen LogP contribution >= 0.6 is 0 Å². The number of nitrogens with zero attached hydrogens (tertiary/aromatic N) is 4. The summed E-state index contributed by atoms with van der Waals surface area (Å²) in [6.45, 7) is 1.57. The lowest BCUT2D eigenvalue weighted by molar-refractivity contribution is -0.114. The largest absolute Gasteiger partial charge is 0.396 e. The van der Waals surface area contributed by atoms with Crippen molar-refractivity contribution in [2.24, 2.45) is 5.92 Å². The van der Waals surface area contributed by atoms with Crippen LogP contribution in [0.25, 0.3) is 11.2 Å². The molecule has 0 spiro atoms. The van der Waals surface area contributed by atoms with E-state index in [1.165, 1.54) is 6.92 Å². The molecule has 0 radical (unpaired) electrons. The Morgan fingerprint density at radius 2 is 2.21 bits per heavy atom. The van der Waals surface area contributed by atoms with E-state index in [0.717, 1.165) is 19.3 Å². The molecular formula is C16H20N6O2. The van der Waals surface area contributed by atoms with E-state index >= 15 is 0 Å². The fourth-order valence-electron chi connectivity index (χ4n) is 2.99. The fourth-order valence-corrected chi connectivity index (χ4v) is 2.99. The van der Waals surface area contributed by atoms with Gasteiger partial charge in [0, 0.05) is 25.5 Å². The number of aliphatic hydroxyl groups is 1. The summed E-state index contributed by atoms with van der Waals surface area (Å²) in [6, 6.07) is 0.518. The fraction of sp³-hybridized carbons (Fsp3) is 0.500. The SMILES string of the molecule is CC(=O)Nc1nc(NC2CC2)c2ncn([C@H]3C=C[C@@H](CO)C3)c2n1. The van der Waals surface area contributed by atoms with Crippen LogP contribution in [0.15, 0.2) is 18.5 Å². The zero-order valence-corrected chi connectivity index (χ0v) is 13.4. The van der Waals surface area contributed by atoms with E-state index in [4.69, 9.17) is 0 Å². The van der Waals surface area contributed by atoms with Crippen molar-refractivity contribution < 1.29 is 9.90 Å². The van der Waals surface area contributed by atoms with Crippen molar-refractivity contribution >= 4 is 28.8 Å². The van der Waals surface area contributed by atoms with Gasteiger partial charge in [0.2, 0.25) is 11.9 Å². The van der Waals surface area contributed by atoms with E-state index in [9.17, 15) is 9.90 Å². The van der Waals surface area contributed by atoms with Crippen LogP contribution in [-0.2, 0) is 4.79 Å². The van der Waals surface area contributed by atoms with Gasteiger partial charge in [-0.1, -0.05) is 12.2 Å². The average molecular weight is 328 g/mol. The maximum Gasteiger partial charge on any atom is 0.233 e. The maximum atomic E-state index is 11.4. The molecule has 2 aromatic rings. The summed E-state index contributed by atoms with van der Waals surface area (Å²) in [5, 5.41) is 15.3. The lowest BCUT2D eigenvalue weighted by atomic mass is 10.1. The summed E-state index contributed by atoms with van der Waals surface area (Å²) in [6.07, 6.45) is 8.89. The van der Waals surface area contributed by atoms with Gasteiger partial charge in [-0.25, -0.2) is 4.98 Å². The van der Waals surface area contributed by atoms with E-state index in [1.807, 2.05) is 10.6 Å².